The van der Waals surface area contributed by atoms with E-state index in [2.05, 4.69) is 27.7 Å². The van der Waals surface area contributed by atoms with Crippen LogP contribution in [0.25, 0.3) is 0 Å². The van der Waals surface area contributed by atoms with Gasteiger partial charge in [-0.3, -0.25) is 0 Å². The topological polar surface area (TPSA) is 0 Å². The van der Waals surface area contributed by atoms with Crippen LogP contribution in [0.5, 0.6) is 0 Å². The van der Waals surface area contributed by atoms with Crippen molar-refractivity contribution in [2.24, 2.45) is 11.8 Å². The van der Waals surface area contributed by atoms with Gasteiger partial charge in [0, 0.05) is 0 Å². The van der Waals surface area contributed by atoms with Gasteiger partial charge in [-0.15, -0.1) is 0 Å². The minimum Gasteiger partial charge on any atom is -0.0654 e. The van der Waals surface area contributed by atoms with E-state index < -0.39 is 0 Å². The number of rotatable bonds is 22. The summed E-state index contributed by atoms with van der Waals surface area (Å²) in [5, 5.41) is 0. The third kappa shape index (κ3) is 19.1. The molecule has 0 bridgehead atoms. The molecule has 0 heterocycles. The summed E-state index contributed by atoms with van der Waals surface area (Å²) in [6.07, 6.45) is 30.7. The normalized spacial score (nSPS) is 13.8. The van der Waals surface area contributed by atoms with Gasteiger partial charge in [-0.05, 0) is 18.3 Å². The SMILES string of the molecule is CCCCCCCCC(CCC)CC(CCCCC)CCCCCCCC. The quantitative estimate of drug-likeness (QED) is 0.164. The van der Waals surface area contributed by atoms with E-state index in [0.29, 0.717) is 0 Å². The molecule has 27 heavy (non-hydrogen) atoms. The predicted octanol–water partition coefficient (Wildman–Crippen LogP) is 10.5. The molecule has 0 rings (SSSR count). The fourth-order valence-corrected chi connectivity index (χ4v) is 4.75. The summed E-state index contributed by atoms with van der Waals surface area (Å²) >= 11 is 0. The molecule has 0 aromatic carbocycles. The molecule has 0 spiro atoms. The van der Waals surface area contributed by atoms with Gasteiger partial charge in [0.2, 0.25) is 0 Å². The van der Waals surface area contributed by atoms with E-state index in [4.69, 9.17) is 0 Å². The Morgan fingerprint density at radius 2 is 0.667 bits per heavy atom. The second kappa shape index (κ2) is 22.3. The van der Waals surface area contributed by atoms with E-state index in [1.165, 1.54) is 128 Å². The van der Waals surface area contributed by atoms with Gasteiger partial charge >= 0.3 is 0 Å². The summed E-state index contributed by atoms with van der Waals surface area (Å²) in [6.45, 7) is 9.39. The van der Waals surface area contributed by atoms with Crippen molar-refractivity contribution < 1.29 is 0 Å². The van der Waals surface area contributed by atoms with Crippen molar-refractivity contribution in [1.82, 2.24) is 0 Å². The fourth-order valence-electron chi connectivity index (χ4n) is 4.75. The zero-order valence-corrected chi connectivity index (χ0v) is 20.0. The molecule has 0 saturated carbocycles. The lowest BCUT2D eigenvalue weighted by Gasteiger charge is -2.24. The third-order valence-electron chi connectivity index (χ3n) is 6.51. The highest BCUT2D eigenvalue weighted by Crippen LogP contribution is 2.30. The molecule has 0 fully saturated rings. The predicted molar refractivity (Wildman–Crippen MR) is 127 cm³/mol. The van der Waals surface area contributed by atoms with E-state index in [1.807, 2.05) is 0 Å². The van der Waals surface area contributed by atoms with Gasteiger partial charge in [0.25, 0.3) is 0 Å². The van der Waals surface area contributed by atoms with Crippen LogP contribution < -0.4 is 0 Å². The Balaban J connectivity index is 4.17. The van der Waals surface area contributed by atoms with Gasteiger partial charge in [0.05, 0.1) is 0 Å². The molecule has 0 N–H and O–H groups in total. The maximum Gasteiger partial charge on any atom is -0.0412 e. The van der Waals surface area contributed by atoms with Crippen LogP contribution in [0.3, 0.4) is 0 Å². The van der Waals surface area contributed by atoms with Gasteiger partial charge in [-0.2, -0.15) is 0 Å². The first-order chi connectivity index (χ1) is 13.3. The van der Waals surface area contributed by atoms with Crippen LogP contribution >= 0.6 is 0 Å². The first kappa shape index (κ1) is 27.0. The maximum absolute atomic E-state index is 2.40. The van der Waals surface area contributed by atoms with Crippen molar-refractivity contribution in [3.63, 3.8) is 0 Å². The monoisotopic (exact) mass is 380 g/mol. The standard InChI is InChI=1S/C27H56/c1-5-9-12-14-16-19-23-26(21-8-4)25-27(22-18-11-7-3)24-20-17-15-13-10-6-2/h26-27H,5-25H2,1-4H3. The van der Waals surface area contributed by atoms with Crippen LogP contribution in [0.15, 0.2) is 0 Å². The summed E-state index contributed by atoms with van der Waals surface area (Å²) in [6, 6.07) is 0. The van der Waals surface area contributed by atoms with E-state index in [9.17, 15) is 0 Å². The molecule has 0 aliphatic heterocycles. The zero-order chi connectivity index (χ0) is 20.0. The van der Waals surface area contributed by atoms with Gasteiger partial charge < -0.3 is 0 Å². The molecule has 0 heteroatoms. The largest absolute Gasteiger partial charge is 0.0654 e. The summed E-state index contributed by atoms with van der Waals surface area (Å²) in [5.41, 5.74) is 0. The summed E-state index contributed by atoms with van der Waals surface area (Å²) in [5.74, 6) is 2.05. The van der Waals surface area contributed by atoms with Crippen LogP contribution in [0.2, 0.25) is 0 Å². The lowest BCUT2D eigenvalue weighted by molar-refractivity contribution is 0.287. The number of hydrogen-bond donors (Lipinski definition) is 0. The molecule has 2 atom stereocenters. The Morgan fingerprint density at radius 1 is 0.333 bits per heavy atom. The van der Waals surface area contributed by atoms with Crippen LogP contribution in [0.4, 0.5) is 0 Å². The molecule has 0 nitrogen and oxygen atoms in total. The summed E-state index contributed by atoms with van der Waals surface area (Å²) in [4.78, 5) is 0. The molecule has 0 aromatic rings. The molecule has 164 valence electrons. The second-order valence-electron chi connectivity index (χ2n) is 9.37. The molecule has 0 aliphatic carbocycles. The van der Waals surface area contributed by atoms with E-state index in [0.717, 1.165) is 11.8 Å². The van der Waals surface area contributed by atoms with Gasteiger partial charge in [-0.1, -0.05) is 156 Å². The zero-order valence-electron chi connectivity index (χ0n) is 20.0. The van der Waals surface area contributed by atoms with Crippen molar-refractivity contribution in [3.05, 3.63) is 0 Å². The fraction of sp³-hybridized carbons (Fsp3) is 1.00. The first-order valence-electron chi connectivity index (χ1n) is 13.3. The second-order valence-corrected chi connectivity index (χ2v) is 9.37. The lowest BCUT2D eigenvalue weighted by atomic mass is 9.82. The van der Waals surface area contributed by atoms with Crippen molar-refractivity contribution in [1.29, 1.82) is 0 Å². The highest BCUT2D eigenvalue weighted by Gasteiger charge is 2.16. The van der Waals surface area contributed by atoms with E-state index >= 15 is 0 Å². The minimum atomic E-state index is 1.02. The molecule has 0 radical (unpaired) electrons. The van der Waals surface area contributed by atoms with Crippen molar-refractivity contribution in [2.75, 3.05) is 0 Å². The Hall–Kier alpha value is 0. The smallest absolute Gasteiger partial charge is 0.0412 e. The molecule has 0 aliphatic rings. The minimum absolute atomic E-state index is 1.02. The molecular weight excluding hydrogens is 324 g/mol. The lowest BCUT2D eigenvalue weighted by Crippen LogP contribution is -2.10. The van der Waals surface area contributed by atoms with E-state index in [1.54, 1.807) is 6.42 Å². The molecule has 0 saturated heterocycles. The van der Waals surface area contributed by atoms with Crippen LogP contribution in [-0.4, -0.2) is 0 Å². The van der Waals surface area contributed by atoms with Crippen LogP contribution in [-0.2, 0) is 0 Å². The van der Waals surface area contributed by atoms with Gasteiger partial charge in [0.15, 0.2) is 0 Å². The Labute approximate surface area is 174 Å². The maximum atomic E-state index is 2.40. The van der Waals surface area contributed by atoms with Crippen molar-refractivity contribution in [2.45, 2.75) is 163 Å². The Bertz CT molecular complexity index is 257. The highest BCUT2D eigenvalue weighted by molar-refractivity contribution is 4.68. The number of unbranched alkanes of at least 4 members (excludes halogenated alkanes) is 12. The van der Waals surface area contributed by atoms with Gasteiger partial charge in [-0.25, -0.2) is 0 Å². The number of hydrogen-bond acceptors (Lipinski definition) is 0. The third-order valence-corrected chi connectivity index (χ3v) is 6.51. The average molecular weight is 381 g/mol. The van der Waals surface area contributed by atoms with Crippen molar-refractivity contribution >= 4 is 0 Å². The average Bonchev–Trinajstić information content (AvgIpc) is 2.67. The van der Waals surface area contributed by atoms with Crippen LogP contribution in [0.1, 0.15) is 163 Å². The van der Waals surface area contributed by atoms with Gasteiger partial charge in [0.1, 0.15) is 0 Å². The summed E-state index contributed by atoms with van der Waals surface area (Å²) < 4.78 is 0. The Kier molecular flexibility index (Phi) is 22.3. The molecular formula is C27H56. The molecule has 0 amide bonds. The molecule has 2 unspecified atom stereocenters. The van der Waals surface area contributed by atoms with Crippen molar-refractivity contribution in [3.8, 4) is 0 Å². The first-order valence-corrected chi connectivity index (χ1v) is 13.3. The molecule has 0 aromatic heterocycles. The summed E-state index contributed by atoms with van der Waals surface area (Å²) in [7, 11) is 0. The van der Waals surface area contributed by atoms with E-state index in [-0.39, 0.29) is 0 Å². The van der Waals surface area contributed by atoms with Crippen LogP contribution in [0, 0.1) is 11.8 Å². The Morgan fingerprint density at radius 3 is 1.11 bits per heavy atom. The highest BCUT2D eigenvalue weighted by atomic mass is 14.2.